The smallest absolute Gasteiger partial charge is 0.244 e. The summed E-state index contributed by atoms with van der Waals surface area (Å²) in [5.41, 5.74) is 1.01. The van der Waals surface area contributed by atoms with Gasteiger partial charge in [0.1, 0.15) is 11.8 Å². The van der Waals surface area contributed by atoms with Crippen LogP contribution in [0.25, 0.3) is 0 Å². The summed E-state index contributed by atoms with van der Waals surface area (Å²) in [7, 11) is 0. The Kier molecular flexibility index (Phi) is 6.32. The van der Waals surface area contributed by atoms with Crippen LogP contribution in [-0.2, 0) is 4.79 Å². The lowest BCUT2D eigenvalue weighted by Crippen LogP contribution is -2.51. The van der Waals surface area contributed by atoms with E-state index in [1.807, 2.05) is 25.1 Å². The van der Waals surface area contributed by atoms with Gasteiger partial charge in [-0.05, 0) is 31.7 Å². The number of para-hydroxylation sites is 1. The lowest BCUT2D eigenvalue weighted by Gasteiger charge is -2.39. The number of piperidine rings is 1. The zero-order chi connectivity index (χ0) is 17.6. The van der Waals surface area contributed by atoms with Gasteiger partial charge in [-0.1, -0.05) is 25.1 Å². The molecule has 1 aromatic rings. The molecule has 2 aliphatic heterocycles. The summed E-state index contributed by atoms with van der Waals surface area (Å²) in [6.07, 6.45) is 2.21. The summed E-state index contributed by atoms with van der Waals surface area (Å²) in [4.78, 5) is 17.8. The van der Waals surface area contributed by atoms with Gasteiger partial charge in [0, 0.05) is 44.8 Å². The minimum atomic E-state index is -0.238. The SMILES string of the molecule is CCOc1ccccc1C(C(=O)N1CCC(C)CC1)N1CCNCC1. The molecule has 0 bridgehead atoms. The summed E-state index contributed by atoms with van der Waals surface area (Å²) < 4.78 is 5.85. The minimum Gasteiger partial charge on any atom is -0.494 e. The number of ether oxygens (including phenoxy) is 1. The van der Waals surface area contributed by atoms with Gasteiger partial charge in [-0.2, -0.15) is 0 Å². The number of rotatable bonds is 5. The van der Waals surface area contributed by atoms with Crippen molar-refractivity contribution in [2.24, 2.45) is 5.92 Å². The zero-order valence-electron chi connectivity index (χ0n) is 15.5. The van der Waals surface area contributed by atoms with Crippen molar-refractivity contribution in [2.75, 3.05) is 45.9 Å². The van der Waals surface area contributed by atoms with E-state index in [-0.39, 0.29) is 11.9 Å². The third-order valence-corrected chi connectivity index (χ3v) is 5.36. The van der Waals surface area contributed by atoms with Crippen LogP contribution in [0.3, 0.4) is 0 Å². The molecule has 5 heteroatoms. The number of piperazine rings is 1. The van der Waals surface area contributed by atoms with Gasteiger partial charge in [0.2, 0.25) is 5.91 Å². The lowest BCUT2D eigenvalue weighted by atomic mass is 9.96. The van der Waals surface area contributed by atoms with Crippen LogP contribution in [0.5, 0.6) is 5.75 Å². The Morgan fingerprint density at radius 3 is 2.56 bits per heavy atom. The Bertz CT molecular complexity index is 564. The average Bonchev–Trinajstić information content (AvgIpc) is 2.65. The third kappa shape index (κ3) is 4.33. The van der Waals surface area contributed by atoms with E-state index in [1.54, 1.807) is 0 Å². The molecule has 1 N–H and O–H groups in total. The minimum absolute atomic E-state index is 0.237. The van der Waals surface area contributed by atoms with E-state index >= 15 is 0 Å². The number of nitrogens with one attached hydrogen (secondary N) is 1. The molecular formula is C20H31N3O2. The maximum absolute atomic E-state index is 13.5. The van der Waals surface area contributed by atoms with Crippen molar-refractivity contribution >= 4 is 5.91 Å². The topological polar surface area (TPSA) is 44.8 Å². The van der Waals surface area contributed by atoms with Crippen LogP contribution in [0.2, 0.25) is 0 Å². The highest BCUT2D eigenvalue weighted by Gasteiger charge is 2.35. The van der Waals surface area contributed by atoms with E-state index in [9.17, 15) is 4.79 Å². The van der Waals surface area contributed by atoms with Crippen LogP contribution in [-0.4, -0.2) is 61.6 Å². The molecule has 2 heterocycles. The summed E-state index contributed by atoms with van der Waals surface area (Å²) in [5.74, 6) is 1.80. The Labute approximate surface area is 151 Å². The number of likely N-dealkylation sites (tertiary alicyclic amines) is 1. The predicted octanol–water partition coefficient (Wildman–Crippen LogP) is 2.29. The Balaban J connectivity index is 1.88. The summed E-state index contributed by atoms with van der Waals surface area (Å²) in [6, 6.07) is 7.80. The highest BCUT2D eigenvalue weighted by atomic mass is 16.5. The number of carbonyl (C=O) groups is 1. The molecule has 3 rings (SSSR count). The summed E-state index contributed by atoms with van der Waals surface area (Å²) in [6.45, 7) is 10.3. The summed E-state index contributed by atoms with van der Waals surface area (Å²) >= 11 is 0. The van der Waals surface area contributed by atoms with E-state index < -0.39 is 0 Å². The van der Waals surface area contributed by atoms with Gasteiger partial charge in [0.25, 0.3) is 0 Å². The molecule has 1 unspecified atom stereocenters. The van der Waals surface area contributed by atoms with Crippen molar-refractivity contribution in [3.63, 3.8) is 0 Å². The van der Waals surface area contributed by atoms with Crippen LogP contribution in [0.4, 0.5) is 0 Å². The molecule has 5 nitrogen and oxygen atoms in total. The molecule has 0 saturated carbocycles. The highest BCUT2D eigenvalue weighted by molar-refractivity contribution is 5.84. The monoisotopic (exact) mass is 345 g/mol. The molecule has 0 radical (unpaired) electrons. The van der Waals surface area contributed by atoms with Crippen molar-refractivity contribution in [1.29, 1.82) is 0 Å². The van der Waals surface area contributed by atoms with Crippen molar-refractivity contribution < 1.29 is 9.53 Å². The molecule has 0 aromatic heterocycles. The normalized spacial score (nSPS) is 21.1. The maximum Gasteiger partial charge on any atom is 0.244 e. The highest BCUT2D eigenvalue weighted by Crippen LogP contribution is 2.32. The molecule has 0 spiro atoms. The number of hydrogen-bond donors (Lipinski definition) is 1. The third-order valence-electron chi connectivity index (χ3n) is 5.36. The largest absolute Gasteiger partial charge is 0.494 e. The van der Waals surface area contributed by atoms with Crippen LogP contribution >= 0.6 is 0 Å². The van der Waals surface area contributed by atoms with E-state index in [1.165, 1.54) is 0 Å². The number of hydrogen-bond acceptors (Lipinski definition) is 4. The van der Waals surface area contributed by atoms with E-state index in [0.717, 1.165) is 69.3 Å². The molecule has 1 atom stereocenters. The molecule has 138 valence electrons. The zero-order valence-corrected chi connectivity index (χ0v) is 15.5. The van der Waals surface area contributed by atoms with Gasteiger partial charge in [-0.15, -0.1) is 0 Å². The van der Waals surface area contributed by atoms with E-state index in [4.69, 9.17) is 4.74 Å². The van der Waals surface area contributed by atoms with Crippen molar-refractivity contribution in [2.45, 2.75) is 32.7 Å². The second-order valence-corrected chi connectivity index (χ2v) is 7.17. The lowest BCUT2D eigenvalue weighted by molar-refractivity contribution is -0.139. The van der Waals surface area contributed by atoms with Gasteiger partial charge in [-0.25, -0.2) is 0 Å². The van der Waals surface area contributed by atoms with Gasteiger partial charge in [0.05, 0.1) is 6.61 Å². The predicted molar refractivity (Wildman–Crippen MR) is 99.8 cm³/mol. The number of carbonyl (C=O) groups excluding carboxylic acids is 1. The molecule has 25 heavy (non-hydrogen) atoms. The first-order valence-corrected chi connectivity index (χ1v) is 9.66. The standard InChI is InChI=1S/C20H31N3O2/c1-3-25-18-7-5-4-6-17(18)19(22-14-10-21-11-15-22)20(24)23-12-8-16(2)9-13-23/h4-7,16,19,21H,3,8-15H2,1-2H3. The summed E-state index contributed by atoms with van der Waals surface area (Å²) in [5, 5.41) is 3.39. The first-order valence-electron chi connectivity index (χ1n) is 9.66. The number of amides is 1. The van der Waals surface area contributed by atoms with Gasteiger partial charge < -0.3 is 15.0 Å². The Morgan fingerprint density at radius 2 is 1.88 bits per heavy atom. The number of nitrogens with zero attached hydrogens (tertiary/aromatic N) is 2. The van der Waals surface area contributed by atoms with E-state index in [2.05, 4.69) is 28.1 Å². The van der Waals surface area contributed by atoms with Crippen LogP contribution < -0.4 is 10.1 Å². The first kappa shape index (κ1) is 18.2. The first-order chi connectivity index (χ1) is 12.2. The molecule has 2 aliphatic rings. The average molecular weight is 345 g/mol. The van der Waals surface area contributed by atoms with Crippen molar-refractivity contribution in [1.82, 2.24) is 15.1 Å². The Hall–Kier alpha value is -1.59. The number of benzene rings is 1. The van der Waals surface area contributed by atoms with E-state index in [0.29, 0.717) is 6.61 Å². The molecule has 1 aromatic carbocycles. The van der Waals surface area contributed by atoms with Gasteiger partial charge >= 0.3 is 0 Å². The molecule has 2 saturated heterocycles. The second kappa shape index (κ2) is 8.68. The quantitative estimate of drug-likeness (QED) is 0.889. The molecule has 2 fully saturated rings. The molecular weight excluding hydrogens is 314 g/mol. The molecule has 1 amide bonds. The maximum atomic E-state index is 13.5. The van der Waals surface area contributed by atoms with Crippen LogP contribution in [0.1, 0.15) is 38.3 Å². The van der Waals surface area contributed by atoms with Gasteiger partial charge in [-0.3, -0.25) is 9.69 Å². The van der Waals surface area contributed by atoms with Crippen molar-refractivity contribution in [3.05, 3.63) is 29.8 Å². The fraction of sp³-hybridized carbons (Fsp3) is 0.650. The van der Waals surface area contributed by atoms with Gasteiger partial charge in [0.15, 0.2) is 0 Å². The fourth-order valence-electron chi connectivity index (χ4n) is 3.82. The molecule has 0 aliphatic carbocycles. The fourth-order valence-corrected chi connectivity index (χ4v) is 3.82. The van der Waals surface area contributed by atoms with Crippen LogP contribution in [0.15, 0.2) is 24.3 Å². The van der Waals surface area contributed by atoms with Crippen LogP contribution in [0, 0.1) is 5.92 Å². The second-order valence-electron chi connectivity index (χ2n) is 7.17. The van der Waals surface area contributed by atoms with Crippen molar-refractivity contribution in [3.8, 4) is 5.75 Å². The Morgan fingerprint density at radius 1 is 1.20 bits per heavy atom.